The fourth-order valence-corrected chi connectivity index (χ4v) is 4.07. The maximum Gasteiger partial charge on any atom is 0.280 e. The Morgan fingerprint density at radius 2 is 1.79 bits per heavy atom. The van der Waals surface area contributed by atoms with Crippen LogP contribution in [0.3, 0.4) is 0 Å². The lowest BCUT2D eigenvalue weighted by Gasteiger charge is -2.02. The van der Waals surface area contributed by atoms with E-state index in [-0.39, 0.29) is 5.56 Å². The number of benzene rings is 1. The SMILES string of the molecule is CCCCCCCCSC(=S)c1c(C)[nH]n(-c2ccccc2)c1=O. The molecule has 0 fully saturated rings. The lowest BCUT2D eigenvalue weighted by Crippen LogP contribution is -2.19. The molecule has 130 valence electrons. The van der Waals surface area contributed by atoms with Gasteiger partial charge < -0.3 is 0 Å². The first-order chi connectivity index (χ1) is 11.6. The van der Waals surface area contributed by atoms with Crippen LogP contribution in [0.25, 0.3) is 5.69 Å². The molecule has 0 saturated carbocycles. The van der Waals surface area contributed by atoms with Crippen LogP contribution >= 0.6 is 24.0 Å². The van der Waals surface area contributed by atoms with Gasteiger partial charge >= 0.3 is 0 Å². The normalized spacial score (nSPS) is 10.9. The third-order valence-electron chi connectivity index (χ3n) is 4.02. The van der Waals surface area contributed by atoms with Crippen molar-refractivity contribution in [2.75, 3.05) is 5.75 Å². The van der Waals surface area contributed by atoms with E-state index in [1.54, 1.807) is 16.4 Å². The molecule has 24 heavy (non-hydrogen) atoms. The summed E-state index contributed by atoms with van der Waals surface area (Å²) in [5.74, 6) is 0.986. The van der Waals surface area contributed by atoms with Gasteiger partial charge in [-0.25, -0.2) is 4.68 Å². The smallest absolute Gasteiger partial charge is 0.280 e. The monoisotopic (exact) mass is 362 g/mol. The van der Waals surface area contributed by atoms with E-state index in [9.17, 15) is 4.79 Å². The Kier molecular flexibility index (Phi) is 7.79. The van der Waals surface area contributed by atoms with Crippen molar-refractivity contribution in [1.82, 2.24) is 9.78 Å². The van der Waals surface area contributed by atoms with Crippen molar-refractivity contribution < 1.29 is 0 Å². The Morgan fingerprint density at radius 3 is 2.50 bits per heavy atom. The molecule has 0 aliphatic carbocycles. The maximum atomic E-state index is 12.7. The molecule has 0 bridgehead atoms. The molecule has 0 saturated heterocycles. The molecule has 2 rings (SSSR count). The van der Waals surface area contributed by atoms with Crippen LogP contribution in [0.5, 0.6) is 0 Å². The van der Waals surface area contributed by atoms with E-state index in [0.717, 1.165) is 23.6 Å². The van der Waals surface area contributed by atoms with E-state index in [0.29, 0.717) is 9.76 Å². The Hall–Kier alpha value is -1.33. The van der Waals surface area contributed by atoms with E-state index >= 15 is 0 Å². The van der Waals surface area contributed by atoms with Crippen LogP contribution < -0.4 is 5.56 Å². The summed E-state index contributed by atoms with van der Waals surface area (Å²) < 4.78 is 2.28. The second-order valence-electron chi connectivity index (χ2n) is 5.99. The van der Waals surface area contributed by atoms with Gasteiger partial charge in [-0.05, 0) is 31.2 Å². The Bertz CT molecular complexity index is 704. The maximum absolute atomic E-state index is 12.7. The molecule has 0 atom stereocenters. The predicted octanol–water partition coefficient (Wildman–Crippen LogP) is 5.24. The minimum atomic E-state index is -0.0563. The van der Waals surface area contributed by atoms with Crippen molar-refractivity contribution in [3.63, 3.8) is 0 Å². The lowest BCUT2D eigenvalue weighted by atomic mass is 10.1. The van der Waals surface area contributed by atoms with E-state index in [1.807, 2.05) is 37.3 Å². The summed E-state index contributed by atoms with van der Waals surface area (Å²) in [6, 6.07) is 9.60. The van der Waals surface area contributed by atoms with Crippen LogP contribution in [-0.2, 0) is 0 Å². The summed E-state index contributed by atoms with van der Waals surface area (Å²) in [6.07, 6.45) is 7.63. The van der Waals surface area contributed by atoms with E-state index < -0.39 is 0 Å². The fraction of sp³-hybridized carbons (Fsp3) is 0.474. The minimum Gasteiger partial charge on any atom is -0.295 e. The molecular weight excluding hydrogens is 336 g/mol. The third-order valence-corrected chi connectivity index (χ3v) is 5.54. The van der Waals surface area contributed by atoms with Crippen molar-refractivity contribution >= 4 is 28.2 Å². The van der Waals surface area contributed by atoms with Crippen LogP contribution in [0, 0.1) is 6.92 Å². The number of H-pyrrole nitrogens is 1. The highest BCUT2D eigenvalue weighted by Crippen LogP contribution is 2.17. The van der Waals surface area contributed by atoms with E-state index in [2.05, 4.69) is 12.0 Å². The first kappa shape index (κ1) is 19.0. The number of nitrogens with zero attached hydrogens (tertiary/aromatic N) is 1. The van der Waals surface area contributed by atoms with Crippen LogP contribution in [0.15, 0.2) is 35.1 Å². The zero-order chi connectivity index (χ0) is 17.4. The number of hydrogen-bond acceptors (Lipinski definition) is 3. The number of aromatic nitrogens is 2. The molecule has 0 spiro atoms. The van der Waals surface area contributed by atoms with Crippen LogP contribution in [-0.4, -0.2) is 19.7 Å². The van der Waals surface area contributed by atoms with Crippen LogP contribution in [0.2, 0.25) is 0 Å². The van der Waals surface area contributed by atoms with E-state index in [4.69, 9.17) is 12.2 Å². The predicted molar refractivity (Wildman–Crippen MR) is 109 cm³/mol. The number of rotatable bonds is 9. The molecule has 1 aromatic carbocycles. The van der Waals surface area contributed by atoms with Gasteiger partial charge in [0, 0.05) is 5.69 Å². The van der Waals surface area contributed by atoms with Crippen molar-refractivity contribution in [2.45, 2.75) is 52.4 Å². The molecule has 1 heterocycles. The molecule has 1 N–H and O–H groups in total. The first-order valence-corrected chi connectivity index (χ1v) is 10.1. The molecule has 0 radical (unpaired) electrons. The fourth-order valence-electron chi connectivity index (χ4n) is 2.67. The topological polar surface area (TPSA) is 37.8 Å². The van der Waals surface area contributed by atoms with Crippen LogP contribution in [0.4, 0.5) is 0 Å². The molecule has 5 heteroatoms. The van der Waals surface area contributed by atoms with Crippen molar-refractivity contribution in [1.29, 1.82) is 0 Å². The second kappa shape index (κ2) is 9.84. The summed E-state index contributed by atoms with van der Waals surface area (Å²) in [5, 5.41) is 3.14. The summed E-state index contributed by atoms with van der Waals surface area (Å²) in [6.45, 7) is 4.14. The zero-order valence-electron chi connectivity index (χ0n) is 14.5. The van der Waals surface area contributed by atoms with Gasteiger partial charge in [0.2, 0.25) is 0 Å². The van der Waals surface area contributed by atoms with Gasteiger partial charge in [-0.2, -0.15) is 0 Å². The van der Waals surface area contributed by atoms with E-state index in [1.165, 1.54) is 32.1 Å². The van der Waals surface area contributed by atoms with Gasteiger partial charge in [-0.3, -0.25) is 9.89 Å². The quantitative estimate of drug-likeness (QED) is 0.489. The Labute approximate surface area is 153 Å². The number of unbranched alkanes of at least 4 members (excludes halogenated alkanes) is 5. The van der Waals surface area contributed by atoms with Gasteiger partial charge in [0.1, 0.15) is 0 Å². The molecule has 2 aromatic rings. The van der Waals surface area contributed by atoms with Crippen LogP contribution in [0.1, 0.15) is 56.7 Å². The van der Waals surface area contributed by atoms with Gasteiger partial charge in [-0.15, -0.1) is 11.8 Å². The summed E-state index contributed by atoms with van der Waals surface area (Å²) in [4.78, 5) is 12.7. The molecule has 0 amide bonds. The van der Waals surface area contributed by atoms with Gasteiger partial charge in [0.05, 0.1) is 15.4 Å². The Balaban J connectivity index is 1.93. The number of aryl methyl sites for hydroxylation is 1. The average Bonchev–Trinajstić information content (AvgIpc) is 2.89. The van der Waals surface area contributed by atoms with Crippen molar-refractivity contribution in [3.8, 4) is 5.69 Å². The van der Waals surface area contributed by atoms with Crippen molar-refractivity contribution in [3.05, 3.63) is 51.9 Å². The number of nitrogens with one attached hydrogen (secondary N) is 1. The molecule has 3 nitrogen and oxygen atoms in total. The molecule has 0 aliphatic rings. The molecular formula is C19H26N2OS2. The van der Waals surface area contributed by atoms with Gasteiger partial charge in [0.15, 0.2) is 0 Å². The highest BCUT2D eigenvalue weighted by molar-refractivity contribution is 8.23. The standard InChI is InChI=1S/C19H26N2OS2/c1-3-4-5-6-7-11-14-24-19(23)17-15(2)20-21(18(17)22)16-12-9-8-10-13-16/h8-10,12-13,20H,3-7,11,14H2,1-2H3. The Morgan fingerprint density at radius 1 is 1.12 bits per heavy atom. The lowest BCUT2D eigenvalue weighted by molar-refractivity contribution is 0.627. The summed E-state index contributed by atoms with van der Waals surface area (Å²) in [5.41, 5.74) is 2.26. The van der Waals surface area contributed by atoms with Crippen molar-refractivity contribution in [2.24, 2.45) is 0 Å². The van der Waals surface area contributed by atoms with Gasteiger partial charge in [-0.1, -0.05) is 69.4 Å². The minimum absolute atomic E-state index is 0.0563. The second-order valence-corrected chi connectivity index (χ2v) is 7.76. The highest BCUT2D eigenvalue weighted by atomic mass is 32.2. The average molecular weight is 363 g/mol. The molecule has 0 unspecified atom stereocenters. The summed E-state index contributed by atoms with van der Waals surface area (Å²) in [7, 11) is 0. The first-order valence-electron chi connectivity index (χ1n) is 8.69. The number of hydrogen-bond donors (Lipinski definition) is 1. The highest BCUT2D eigenvalue weighted by Gasteiger charge is 2.16. The summed E-state index contributed by atoms with van der Waals surface area (Å²) >= 11 is 7.14. The number of thioether (sulfide) groups is 1. The number of thiocarbonyl (C=S) groups is 1. The molecule has 1 aromatic heterocycles. The largest absolute Gasteiger partial charge is 0.295 e. The third kappa shape index (κ3) is 5.08. The number of para-hydroxylation sites is 1. The van der Waals surface area contributed by atoms with Gasteiger partial charge in [0.25, 0.3) is 5.56 Å². The zero-order valence-corrected chi connectivity index (χ0v) is 16.1. The molecule has 0 aliphatic heterocycles. The number of aromatic amines is 1.